The van der Waals surface area contributed by atoms with Gasteiger partial charge in [-0.3, -0.25) is 16.0 Å². The summed E-state index contributed by atoms with van der Waals surface area (Å²) in [5, 5.41) is 4.44. The first-order valence-electron chi connectivity index (χ1n) is 6.74. The molecule has 0 bridgehead atoms. The van der Waals surface area contributed by atoms with Crippen molar-refractivity contribution in [1.29, 1.82) is 0 Å². The van der Waals surface area contributed by atoms with Gasteiger partial charge in [0.2, 0.25) is 0 Å². The van der Waals surface area contributed by atoms with Gasteiger partial charge in [-0.1, -0.05) is 25.7 Å². The number of nitrogens with zero attached hydrogens (tertiary/aromatic N) is 2. The van der Waals surface area contributed by atoms with Crippen LogP contribution in [0, 0.1) is 5.92 Å². The molecule has 0 radical (unpaired) electrons. The van der Waals surface area contributed by atoms with E-state index in [1.165, 1.54) is 38.5 Å². The topological polar surface area (TPSA) is 55.9 Å². The molecule has 0 aliphatic heterocycles. The van der Waals surface area contributed by atoms with Gasteiger partial charge in [-0.2, -0.15) is 5.10 Å². The van der Waals surface area contributed by atoms with Crippen molar-refractivity contribution < 1.29 is 0 Å². The van der Waals surface area contributed by atoms with Crippen molar-refractivity contribution in [2.75, 3.05) is 0 Å². The molecule has 3 N–H and O–H groups in total. The zero-order chi connectivity index (χ0) is 12.1. The van der Waals surface area contributed by atoms with Gasteiger partial charge in [0.25, 0.3) is 0 Å². The van der Waals surface area contributed by atoms with Crippen LogP contribution >= 0.6 is 0 Å². The Morgan fingerprint density at radius 1 is 1.41 bits per heavy atom. The number of hydrogen-bond donors (Lipinski definition) is 2. The second-order valence-electron chi connectivity index (χ2n) is 5.21. The van der Waals surface area contributed by atoms with Crippen molar-refractivity contribution in [2.24, 2.45) is 18.8 Å². The van der Waals surface area contributed by atoms with Gasteiger partial charge in [0, 0.05) is 25.7 Å². The van der Waals surface area contributed by atoms with Crippen molar-refractivity contribution >= 4 is 0 Å². The smallest absolute Gasteiger partial charge is 0.0640 e. The summed E-state index contributed by atoms with van der Waals surface area (Å²) < 4.78 is 1.86. The number of nitrogens with one attached hydrogen (secondary N) is 1. The quantitative estimate of drug-likeness (QED) is 0.476. The molecule has 1 aromatic rings. The Labute approximate surface area is 104 Å². The minimum absolute atomic E-state index is 0.378. The lowest BCUT2D eigenvalue weighted by Gasteiger charge is -2.24. The van der Waals surface area contributed by atoms with Crippen LogP contribution in [-0.4, -0.2) is 15.8 Å². The van der Waals surface area contributed by atoms with Crippen LogP contribution in [0.1, 0.15) is 44.2 Å². The lowest BCUT2D eigenvalue weighted by atomic mass is 9.89. The minimum atomic E-state index is 0.378. The van der Waals surface area contributed by atoms with E-state index in [0.29, 0.717) is 12.0 Å². The highest BCUT2D eigenvalue weighted by Crippen LogP contribution is 2.26. The largest absolute Gasteiger partial charge is 0.276 e. The second-order valence-corrected chi connectivity index (χ2v) is 5.21. The monoisotopic (exact) mass is 236 g/mol. The number of nitrogens with two attached hydrogens (primary N) is 1. The molecule has 0 amide bonds. The third-order valence-electron chi connectivity index (χ3n) is 3.88. The van der Waals surface area contributed by atoms with Crippen LogP contribution in [0.2, 0.25) is 0 Å². The summed E-state index contributed by atoms with van der Waals surface area (Å²) in [5.41, 5.74) is 4.15. The fourth-order valence-electron chi connectivity index (χ4n) is 2.87. The molecule has 1 aromatic heterocycles. The fraction of sp³-hybridized carbons (Fsp3) is 0.769. The molecule has 0 aromatic carbocycles. The predicted molar refractivity (Wildman–Crippen MR) is 69.2 cm³/mol. The summed E-state index contributed by atoms with van der Waals surface area (Å²) in [5.74, 6) is 6.44. The van der Waals surface area contributed by atoms with E-state index in [-0.39, 0.29) is 0 Å². The normalized spacial score (nSPS) is 20.1. The van der Waals surface area contributed by atoms with Crippen LogP contribution in [0.3, 0.4) is 0 Å². The van der Waals surface area contributed by atoms with Crippen LogP contribution in [0.25, 0.3) is 0 Å². The van der Waals surface area contributed by atoms with E-state index in [2.05, 4.69) is 16.6 Å². The molecule has 1 unspecified atom stereocenters. The molecule has 0 saturated heterocycles. The summed E-state index contributed by atoms with van der Waals surface area (Å²) in [6.45, 7) is 0. The second kappa shape index (κ2) is 6.17. The van der Waals surface area contributed by atoms with Gasteiger partial charge in [0.1, 0.15) is 0 Å². The van der Waals surface area contributed by atoms with Gasteiger partial charge < -0.3 is 0 Å². The summed E-state index contributed by atoms with van der Waals surface area (Å²) >= 11 is 0. The molecule has 1 saturated carbocycles. The molecule has 1 atom stereocenters. The maximum absolute atomic E-state index is 5.72. The van der Waals surface area contributed by atoms with Crippen LogP contribution < -0.4 is 11.3 Å². The van der Waals surface area contributed by atoms with Gasteiger partial charge in [0.05, 0.1) is 5.69 Å². The number of aryl methyl sites for hydroxylation is 1. The Morgan fingerprint density at radius 3 is 2.65 bits per heavy atom. The third kappa shape index (κ3) is 3.54. The van der Waals surface area contributed by atoms with Crippen LogP contribution in [0.4, 0.5) is 0 Å². The Balaban J connectivity index is 1.95. The Kier molecular flexibility index (Phi) is 4.57. The lowest BCUT2D eigenvalue weighted by Crippen LogP contribution is -2.42. The molecule has 1 aliphatic carbocycles. The molecule has 0 spiro atoms. The van der Waals surface area contributed by atoms with E-state index in [0.717, 1.165) is 12.1 Å². The molecular weight excluding hydrogens is 212 g/mol. The van der Waals surface area contributed by atoms with Crippen molar-refractivity contribution in [3.05, 3.63) is 18.0 Å². The van der Waals surface area contributed by atoms with Gasteiger partial charge in [-0.15, -0.1) is 0 Å². The molecule has 1 fully saturated rings. The number of aromatic nitrogens is 2. The SMILES string of the molecule is Cn1ccc(CC(NN)C2CCCCCC2)n1. The van der Waals surface area contributed by atoms with Crippen molar-refractivity contribution in [3.8, 4) is 0 Å². The van der Waals surface area contributed by atoms with Gasteiger partial charge in [-0.25, -0.2) is 0 Å². The zero-order valence-electron chi connectivity index (χ0n) is 10.7. The summed E-state index contributed by atoms with van der Waals surface area (Å²) in [4.78, 5) is 0. The zero-order valence-corrected chi connectivity index (χ0v) is 10.7. The van der Waals surface area contributed by atoms with Gasteiger partial charge in [0.15, 0.2) is 0 Å². The minimum Gasteiger partial charge on any atom is -0.276 e. The highest BCUT2D eigenvalue weighted by Gasteiger charge is 2.22. The van der Waals surface area contributed by atoms with Crippen molar-refractivity contribution in [3.63, 3.8) is 0 Å². The van der Waals surface area contributed by atoms with Crippen LogP contribution in [-0.2, 0) is 13.5 Å². The van der Waals surface area contributed by atoms with E-state index in [4.69, 9.17) is 5.84 Å². The summed E-state index contributed by atoms with van der Waals surface area (Å²) in [6, 6.07) is 2.46. The molecule has 96 valence electrons. The summed E-state index contributed by atoms with van der Waals surface area (Å²) in [6.07, 6.45) is 11.0. The standard InChI is InChI=1S/C13H24N4/c1-17-9-8-12(16-17)10-13(15-14)11-6-4-2-3-5-7-11/h8-9,11,13,15H,2-7,10,14H2,1H3. The van der Waals surface area contributed by atoms with E-state index in [9.17, 15) is 0 Å². The number of rotatable bonds is 4. The van der Waals surface area contributed by atoms with Gasteiger partial charge >= 0.3 is 0 Å². The molecule has 17 heavy (non-hydrogen) atoms. The molecule has 2 rings (SSSR count). The van der Waals surface area contributed by atoms with Crippen LogP contribution in [0.5, 0.6) is 0 Å². The molecule has 1 heterocycles. The van der Waals surface area contributed by atoms with Crippen LogP contribution in [0.15, 0.2) is 12.3 Å². The average Bonchev–Trinajstić information content (AvgIpc) is 2.58. The van der Waals surface area contributed by atoms with E-state index in [1.54, 1.807) is 0 Å². The molecule has 1 aliphatic rings. The maximum atomic E-state index is 5.72. The first-order chi connectivity index (χ1) is 8.29. The Hall–Kier alpha value is -0.870. The first kappa shape index (κ1) is 12.6. The summed E-state index contributed by atoms with van der Waals surface area (Å²) in [7, 11) is 1.96. The Morgan fingerprint density at radius 2 is 2.12 bits per heavy atom. The molecule has 4 heteroatoms. The molecule has 4 nitrogen and oxygen atoms in total. The van der Waals surface area contributed by atoms with Crippen molar-refractivity contribution in [2.45, 2.75) is 51.0 Å². The fourth-order valence-corrected chi connectivity index (χ4v) is 2.87. The third-order valence-corrected chi connectivity index (χ3v) is 3.88. The maximum Gasteiger partial charge on any atom is 0.0640 e. The van der Waals surface area contributed by atoms with Crippen molar-refractivity contribution in [1.82, 2.24) is 15.2 Å². The average molecular weight is 236 g/mol. The highest BCUT2D eigenvalue weighted by molar-refractivity contribution is 5.02. The van der Waals surface area contributed by atoms with E-state index < -0.39 is 0 Å². The Bertz CT molecular complexity index is 326. The lowest BCUT2D eigenvalue weighted by molar-refractivity contribution is 0.318. The molecular formula is C13H24N4. The highest BCUT2D eigenvalue weighted by atomic mass is 15.3. The number of hydrogen-bond acceptors (Lipinski definition) is 3. The number of hydrazine groups is 1. The predicted octanol–water partition coefficient (Wildman–Crippen LogP) is 1.76. The van der Waals surface area contributed by atoms with E-state index in [1.807, 2.05) is 17.9 Å². The van der Waals surface area contributed by atoms with Gasteiger partial charge in [-0.05, 0) is 24.8 Å². The van der Waals surface area contributed by atoms with E-state index >= 15 is 0 Å². The first-order valence-corrected chi connectivity index (χ1v) is 6.74.